The molecule has 1 rings (SSSR count). The van der Waals surface area contributed by atoms with E-state index in [1.54, 1.807) is 14.2 Å². The topological polar surface area (TPSA) is 74.8 Å². The van der Waals surface area contributed by atoms with Crippen LogP contribution in [0.25, 0.3) is 0 Å². The van der Waals surface area contributed by atoms with E-state index in [1.165, 1.54) is 0 Å². The lowest BCUT2D eigenvalue weighted by atomic mass is 9.92. The molecule has 1 aromatic carbocycles. The van der Waals surface area contributed by atoms with Gasteiger partial charge in [-0.1, -0.05) is 12.1 Å². The van der Waals surface area contributed by atoms with Gasteiger partial charge in [0.1, 0.15) is 5.75 Å². The summed E-state index contributed by atoms with van der Waals surface area (Å²) in [6.07, 6.45) is 0. The Morgan fingerprint density at radius 2 is 1.96 bits per heavy atom. The Balaban J connectivity index is 0.00000576. The molecule has 1 aromatic rings. The number of guanidine groups is 1. The Kier molecular flexibility index (Phi) is 10.5. The summed E-state index contributed by atoms with van der Waals surface area (Å²) in [4.78, 5) is 16.5. The lowest BCUT2D eigenvalue weighted by Crippen LogP contribution is -2.47. The first-order valence-electron chi connectivity index (χ1n) is 8.22. The number of nitrogens with zero attached hydrogens (tertiary/aromatic N) is 1. The maximum atomic E-state index is 11.9. The van der Waals surface area contributed by atoms with Crippen molar-refractivity contribution in [2.24, 2.45) is 10.4 Å². The first kappa shape index (κ1) is 23.5. The third-order valence-electron chi connectivity index (χ3n) is 3.73. The van der Waals surface area contributed by atoms with Gasteiger partial charge in [0.2, 0.25) is 5.91 Å². The van der Waals surface area contributed by atoms with Crippen molar-refractivity contribution in [3.05, 3.63) is 29.3 Å². The predicted molar refractivity (Wildman–Crippen MR) is 114 cm³/mol. The first-order chi connectivity index (χ1) is 11.3. The lowest BCUT2D eigenvalue weighted by molar-refractivity contribution is -0.128. The van der Waals surface area contributed by atoms with E-state index >= 15 is 0 Å². The normalized spacial score (nSPS) is 11.4. The monoisotopic (exact) mass is 462 g/mol. The number of amides is 1. The molecule has 0 saturated heterocycles. The molecular weight excluding hydrogens is 431 g/mol. The molecule has 0 saturated carbocycles. The fourth-order valence-electron chi connectivity index (χ4n) is 2.21. The summed E-state index contributed by atoms with van der Waals surface area (Å²) in [6, 6.07) is 6.07. The smallest absolute Gasteiger partial charge is 0.227 e. The molecule has 3 N–H and O–H groups in total. The van der Waals surface area contributed by atoms with Crippen LogP contribution in [0, 0.1) is 12.3 Å². The van der Waals surface area contributed by atoms with Crippen LogP contribution in [0.5, 0.6) is 5.75 Å². The fourth-order valence-corrected chi connectivity index (χ4v) is 2.21. The van der Waals surface area contributed by atoms with Crippen LogP contribution < -0.4 is 20.7 Å². The van der Waals surface area contributed by atoms with E-state index in [4.69, 9.17) is 4.74 Å². The third-order valence-corrected chi connectivity index (χ3v) is 3.73. The number of carbonyl (C=O) groups excluding carboxylic acids is 1. The molecular formula is C18H31IN4O2. The van der Waals surface area contributed by atoms with Gasteiger partial charge in [-0.2, -0.15) is 0 Å². The van der Waals surface area contributed by atoms with Crippen molar-refractivity contribution >= 4 is 35.8 Å². The second kappa shape index (κ2) is 11.2. The van der Waals surface area contributed by atoms with Gasteiger partial charge in [0.05, 0.1) is 19.1 Å². The van der Waals surface area contributed by atoms with E-state index in [0.717, 1.165) is 23.4 Å². The summed E-state index contributed by atoms with van der Waals surface area (Å²) < 4.78 is 5.42. The van der Waals surface area contributed by atoms with E-state index in [0.29, 0.717) is 19.0 Å². The van der Waals surface area contributed by atoms with Gasteiger partial charge in [-0.3, -0.25) is 4.79 Å². The van der Waals surface area contributed by atoms with E-state index in [1.807, 2.05) is 45.9 Å². The molecule has 25 heavy (non-hydrogen) atoms. The molecule has 0 heterocycles. The highest BCUT2D eigenvalue weighted by molar-refractivity contribution is 14.0. The van der Waals surface area contributed by atoms with Crippen LogP contribution in [0.3, 0.4) is 0 Å². The maximum Gasteiger partial charge on any atom is 0.227 e. The fraction of sp³-hybridized carbons (Fsp3) is 0.556. The molecule has 7 heteroatoms. The summed E-state index contributed by atoms with van der Waals surface area (Å²) in [5, 5.41) is 9.11. The number of halogens is 1. The minimum atomic E-state index is -0.521. The molecule has 0 fully saturated rings. The van der Waals surface area contributed by atoms with Crippen LogP contribution in [0.4, 0.5) is 0 Å². The number of nitrogens with one attached hydrogen (secondary N) is 3. The van der Waals surface area contributed by atoms with Crippen molar-refractivity contribution in [1.82, 2.24) is 16.0 Å². The van der Waals surface area contributed by atoms with Gasteiger partial charge in [0, 0.05) is 25.7 Å². The Morgan fingerprint density at radius 3 is 2.52 bits per heavy atom. The Hall–Kier alpha value is -1.51. The quantitative estimate of drug-likeness (QED) is 0.331. The summed E-state index contributed by atoms with van der Waals surface area (Å²) in [5.41, 5.74) is 1.65. The number of rotatable bonds is 7. The first-order valence-corrected chi connectivity index (χ1v) is 8.22. The lowest BCUT2D eigenvalue weighted by Gasteiger charge is -2.24. The van der Waals surface area contributed by atoms with Crippen molar-refractivity contribution in [3.8, 4) is 5.75 Å². The molecule has 0 spiro atoms. The number of hydrogen-bond acceptors (Lipinski definition) is 3. The Morgan fingerprint density at radius 1 is 1.28 bits per heavy atom. The molecule has 0 atom stereocenters. The molecule has 0 aliphatic carbocycles. The van der Waals surface area contributed by atoms with E-state index in [2.05, 4.69) is 20.9 Å². The zero-order valence-electron chi connectivity index (χ0n) is 16.0. The second-order valence-corrected chi connectivity index (χ2v) is 6.33. The summed E-state index contributed by atoms with van der Waals surface area (Å²) in [7, 11) is 3.31. The second-order valence-electron chi connectivity index (χ2n) is 6.33. The third kappa shape index (κ3) is 7.50. The van der Waals surface area contributed by atoms with Crippen molar-refractivity contribution in [1.29, 1.82) is 0 Å². The van der Waals surface area contributed by atoms with Crippen LogP contribution in [-0.2, 0) is 11.3 Å². The Labute approximate surface area is 168 Å². The van der Waals surface area contributed by atoms with Crippen molar-refractivity contribution < 1.29 is 9.53 Å². The van der Waals surface area contributed by atoms with E-state index in [-0.39, 0.29) is 29.9 Å². The van der Waals surface area contributed by atoms with Crippen LogP contribution in [-0.4, -0.2) is 39.1 Å². The van der Waals surface area contributed by atoms with E-state index in [9.17, 15) is 4.79 Å². The van der Waals surface area contributed by atoms with Crippen LogP contribution in [0.2, 0.25) is 0 Å². The summed E-state index contributed by atoms with van der Waals surface area (Å²) in [6.45, 7) is 9.56. The summed E-state index contributed by atoms with van der Waals surface area (Å²) in [5.74, 6) is 1.50. The number of aliphatic imine (C=N–C) groups is 1. The van der Waals surface area contributed by atoms with Gasteiger partial charge in [0.25, 0.3) is 0 Å². The molecule has 1 amide bonds. The number of aryl methyl sites for hydroxylation is 1. The summed E-state index contributed by atoms with van der Waals surface area (Å²) >= 11 is 0. The zero-order valence-corrected chi connectivity index (χ0v) is 18.4. The number of ether oxygens (including phenoxy) is 1. The highest BCUT2D eigenvalue weighted by Gasteiger charge is 2.26. The van der Waals surface area contributed by atoms with Crippen LogP contribution in [0.15, 0.2) is 23.2 Å². The average Bonchev–Trinajstić information content (AvgIpc) is 2.57. The minimum Gasteiger partial charge on any atom is -0.496 e. The van der Waals surface area contributed by atoms with Gasteiger partial charge in [-0.05, 0) is 39.3 Å². The largest absolute Gasteiger partial charge is 0.496 e. The van der Waals surface area contributed by atoms with Crippen molar-refractivity contribution in [2.75, 3.05) is 27.2 Å². The SMILES string of the molecule is CCNC(=NCc1ccc(C)cc1OC)NCC(C)(C)C(=O)NC.I. The molecule has 142 valence electrons. The number of benzene rings is 1. The highest BCUT2D eigenvalue weighted by Crippen LogP contribution is 2.20. The zero-order chi connectivity index (χ0) is 18.2. The van der Waals surface area contributed by atoms with Crippen molar-refractivity contribution in [3.63, 3.8) is 0 Å². The molecule has 0 aromatic heterocycles. The van der Waals surface area contributed by atoms with Crippen LogP contribution in [0.1, 0.15) is 31.9 Å². The van der Waals surface area contributed by atoms with Crippen molar-refractivity contribution in [2.45, 2.75) is 34.2 Å². The highest BCUT2D eigenvalue weighted by atomic mass is 127. The molecule has 0 aliphatic rings. The van der Waals surface area contributed by atoms with Gasteiger partial charge in [-0.15, -0.1) is 24.0 Å². The molecule has 6 nitrogen and oxygen atoms in total. The predicted octanol–water partition coefficient (Wildman–Crippen LogP) is 2.45. The average molecular weight is 462 g/mol. The van der Waals surface area contributed by atoms with Gasteiger partial charge >= 0.3 is 0 Å². The maximum absolute atomic E-state index is 11.9. The van der Waals surface area contributed by atoms with E-state index < -0.39 is 5.41 Å². The number of carbonyl (C=O) groups is 1. The number of methoxy groups -OCH3 is 1. The number of hydrogen-bond donors (Lipinski definition) is 3. The van der Waals surface area contributed by atoms with Gasteiger partial charge in [0.15, 0.2) is 5.96 Å². The van der Waals surface area contributed by atoms with Gasteiger partial charge in [-0.25, -0.2) is 4.99 Å². The molecule has 0 bridgehead atoms. The minimum absolute atomic E-state index is 0. The van der Waals surface area contributed by atoms with Gasteiger partial charge < -0.3 is 20.7 Å². The molecule has 0 aliphatic heterocycles. The molecule has 0 radical (unpaired) electrons. The molecule has 0 unspecified atom stereocenters. The standard InChI is InChI=1S/C18H30N4O2.HI/c1-7-20-17(22-12-18(3,4)16(23)19-5)21-11-14-9-8-13(2)10-15(14)24-6;/h8-10H,7,11-12H2,1-6H3,(H,19,23)(H2,20,21,22);1H. The van der Waals surface area contributed by atoms with Crippen LogP contribution >= 0.6 is 24.0 Å². The Bertz CT molecular complexity index is 588.